The molecule has 0 amide bonds. The first-order valence-corrected chi connectivity index (χ1v) is 7.79. The molecule has 2 N–H and O–H groups in total. The number of aryl methyl sites for hydroxylation is 1. The lowest BCUT2D eigenvalue weighted by atomic mass is 9.81. The van der Waals surface area contributed by atoms with Gasteiger partial charge in [0.1, 0.15) is 11.5 Å². The Kier molecular flexibility index (Phi) is 3.24. The standard InChI is InChI=1S/C20H18O3/c1-23-17-11-13-7-9-15(21)14-8-10-16(22)20(18(13)14)19(17)12-5-3-2-4-6-12/h2-7,9,11,16,21-22H,8,10H2,1H3. The summed E-state index contributed by atoms with van der Waals surface area (Å²) in [6.45, 7) is 0. The van der Waals surface area contributed by atoms with Gasteiger partial charge in [-0.05, 0) is 41.3 Å². The topological polar surface area (TPSA) is 49.7 Å². The number of phenols is 1. The number of benzene rings is 3. The molecule has 3 nitrogen and oxygen atoms in total. The maximum absolute atomic E-state index is 10.7. The van der Waals surface area contributed by atoms with Gasteiger partial charge in [-0.1, -0.05) is 36.4 Å². The molecule has 0 aromatic heterocycles. The van der Waals surface area contributed by atoms with Crippen molar-refractivity contribution in [2.45, 2.75) is 18.9 Å². The van der Waals surface area contributed by atoms with Gasteiger partial charge in [0.05, 0.1) is 13.2 Å². The van der Waals surface area contributed by atoms with Gasteiger partial charge in [0.25, 0.3) is 0 Å². The maximum atomic E-state index is 10.7. The zero-order valence-electron chi connectivity index (χ0n) is 12.9. The molecule has 23 heavy (non-hydrogen) atoms. The number of aromatic hydroxyl groups is 1. The Hall–Kier alpha value is -2.52. The predicted molar refractivity (Wildman–Crippen MR) is 90.9 cm³/mol. The summed E-state index contributed by atoms with van der Waals surface area (Å²) in [6, 6.07) is 15.6. The first-order chi connectivity index (χ1) is 11.2. The normalized spacial score (nSPS) is 16.5. The molecule has 3 heteroatoms. The quantitative estimate of drug-likeness (QED) is 0.746. The van der Waals surface area contributed by atoms with Crippen molar-refractivity contribution >= 4 is 10.8 Å². The van der Waals surface area contributed by atoms with E-state index in [1.54, 1.807) is 13.2 Å². The van der Waals surface area contributed by atoms with Gasteiger partial charge >= 0.3 is 0 Å². The van der Waals surface area contributed by atoms with E-state index in [-0.39, 0.29) is 0 Å². The third-order valence-electron chi connectivity index (χ3n) is 4.68. The highest BCUT2D eigenvalue weighted by Gasteiger charge is 2.27. The summed E-state index contributed by atoms with van der Waals surface area (Å²) < 4.78 is 5.62. The summed E-state index contributed by atoms with van der Waals surface area (Å²) in [6.07, 6.45) is 0.724. The molecular formula is C20H18O3. The number of aliphatic hydroxyl groups excluding tert-OH is 1. The largest absolute Gasteiger partial charge is 0.508 e. The summed E-state index contributed by atoms with van der Waals surface area (Å²) in [5.41, 5.74) is 3.71. The number of hydrogen-bond acceptors (Lipinski definition) is 3. The van der Waals surface area contributed by atoms with E-state index in [4.69, 9.17) is 4.74 Å². The number of phenolic OH excluding ortho intramolecular Hbond substituents is 1. The van der Waals surface area contributed by atoms with Gasteiger partial charge in [-0.15, -0.1) is 0 Å². The van der Waals surface area contributed by atoms with Crippen molar-refractivity contribution in [2.24, 2.45) is 0 Å². The van der Waals surface area contributed by atoms with Crippen molar-refractivity contribution in [1.82, 2.24) is 0 Å². The van der Waals surface area contributed by atoms with Crippen LogP contribution in [0.2, 0.25) is 0 Å². The lowest BCUT2D eigenvalue weighted by Crippen LogP contribution is -2.11. The molecule has 0 bridgehead atoms. The van der Waals surface area contributed by atoms with Gasteiger partial charge in [-0.25, -0.2) is 0 Å². The lowest BCUT2D eigenvalue weighted by molar-refractivity contribution is 0.166. The smallest absolute Gasteiger partial charge is 0.127 e. The number of ether oxygens (including phenoxy) is 1. The minimum Gasteiger partial charge on any atom is -0.508 e. The van der Waals surface area contributed by atoms with Gasteiger partial charge in [-0.2, -0.15) is 0 Å². The van der Waals surface area contributed by atoms with Crippen LogP contribution in [-0.2, 0) is 6.42 Å². The third kappa shape index (κ3) is 2.08. The number of aliphatic hydroxyl groups is 1. The third-order valence-corrected chi connectivity index (χ3v) is 4.68. The zero-order chi connectivity index (χ0) is 16.0. The van der Waals surface area contributed by atoms with E-state index in [1.165, 1.54) is 0 Å². The minimum absolute atomic E-state index is 0.301. The Labute approximate surface area is 134 Å². The van der Waals surface area contributed by atoms with Crippen LogP contribution in [0.3, 0.4) is 0 Å². The molecule has 0 spiro atoms. The molecule has 0 heterocycles. The van der Waals surface area contributed by atoms with Gasteiger partial charge in [0, 0.05) is 16.7 Å². The van der Waals surface area contributed by atoms with E-state index in [2.05, 4.69) is 0 Å². The summed E-state index contributed by atoms with van der Waals surface area (Å²) in [7, 11) is 1.65. The van der Waals surface area contributed by atoms with Gasteiger partial charge in [-0.3, -0.25) is 0 Å². The lowest BCUT2D eigenvalue weighted by Gasteiger charge is -2.27. The highest BCUT2D eigenvalue weighted by atomic mass is 16.5. The predicted octanol–water partition coefficient (Wildman–Crippen LogP) is 4.20. The second-order valence-electron chi connectivity index (χ2n) is 5.95. The molecule has 0 saturated heterocycles. The first kappa shape index (κ1) is 14.1. The van der Waals surface area contributed by atoms with E-state index >= 15 is 0 Å². The van der Waals surface area contributed by atoms with Crippen LogP contribution in [0.1, 0.15) is 23.7 Å². The number of hydrogen-bond donors (Lipinski definition) is 2. The molecule has 0 aliphatic heterocycles. The van der Waals surface area contributed by atoms with Crippen LogP contribution >= 0.6 is 0 Å². The summed E-state index contributed by atoms with van der Waals surface area (Å²) in [5, 5.41) is 22.9. The van der Waals surface area contributed by atoms with Crippen molar-refractivity contribution in [1.29, 1.82) is 0 Å². The zero-order valence-corrected chi connectivity index (χ0v) is 12.9. The van der Waals surface area contributed by atoms with Crippen LogP contribution < -0.4 is 4.74 Å². The molecule has 3 aromatic carbocycles. The highest BCUT2D eigenvalue weighted by Crippen LogP contribution is 2.47. The minimum atomic E-state index is -0.558. The Morgan fingerprint density at radius 3 is 2.61 bits per heavy atom. The van der Waals surface area contributed by atoms with E-state index in [0.29, 0.717) is 18.6 Å². The van der Waals surface area contributed by atoms with E-state index in [9.17, 15) is 10.2 Å². The Morgan fingerprint density at radius 1 is 1.09 bits per heavy atom. The molecule has 1 atom stereocenters. The summed E-state index contributed by atoms with van der Waals surface area (Å²) in [4.78, 5) is 0. The van der Waals surface area contributed by atoms with E-state index in [1.807, 2.05) is 42.5 Å². The van der Waals surface area contributed by atoms with Gasteiger partial charge in [0.2, 0.25) is 0 Å². The summed E-state index contributed by atoms with van der Waals surface area (Å²) in [5.74, 6) is 1.05. The van der Waals surface area contributed by atoms with Crippen molar-refractivity contribution in [3.05, 3.63) is 59.7 Å². The molecule has 1 aliphatic carbocycles. The fourth-order valence-electron chi connectivity index (χ4n) is 3.64. The van der Waals surface area contributed by atoms with Crippen LogP contribution in [0, 0.1) is 0 Å². The molecular weight excluding hydrogens is 288 g/mol. The van der Waals surface area contributed by atoms with Crippen LogP contribution in [0.25, 0.3) is 21.9 Å². The molecule has 1 unspecified atom stereocenters. The van der Waals surface area contributed by atoms with Crippen LogP contribution in [0.15, 0.2) is 48.5 Å². The Bertz CT molecular complexity index is 885. The SMILES string of the molecule is COc1cc2ccc(O)c3c2c(c1-c1ccccc1)C(O)CC3. The molecule has 4 rings (SSSR count). The van der Waals surface area contributed by atoms with Crippen molar-refractivity contribution < 1.29 is 14.9 Å². The molecule has 0 radical (unpaired) electrons. The number of rotatable bonds is 2. The second kappa shape index (κ2) is 5.28. The van der Waals surface area contributed by atoms with Crippen LogP contribution in [0.4, 0.5) is 0 Å². The van der Waals surface area contributed by atoms with E-state index < -0.39 is 6.10 Å². The van der Waals surface area contributed by atoms with Crippen molar-refractivity contribution in [3.8, 4) is 22.6 Å². The van der Waals surface area contributed by atoms with Crippen molar-refractivity contribution in [3.63, 3.8) is 0 Å². The molecule has 0 fully saturated rings. The van der Waals surface area contributed by atoms with Crippen molar-refractivity contribution in [2.75, 3.05) is 7.11 Å². The van der Waals surface area contributed by atoms with E-state index in [0.717, 1.165) is 38.8 Å². The average Bonchev–Trinajstić information content (AvgIpc) is 2.59. The van der Waals surface area contributed by atoms with Gasteiger partial charge in [0.15, 0.2) is 0 Å². The fourth-order valence-corrected chi connectivity index (χ4v) is 3.64. The fraction of sp³-hybridized carbons (Fsp3) is 0.200. The highest BCUT2D eigenvalue weighted by molar-refractivity contribution is 5.99. The monoisotopic (exact) mass is 306 g/mol. The molecule has 0 saturated carbocycles. The summed E-state index contributed by atoms with van der Waals surface area (Å²) >= 11 is 0. The average molecular weight is 306 g/mol. The molecule has 1 aliphatic rings. The first-order valence-electron chi connectivity index (χ1n) is 7.79. The van der Waals surface area contributed by atoms with Crippen LogP contribution in [0.5, 0.6) is 11.5 Å². The maximum Gasteiger partial charge on any atom is 0.127 e. The molecule has 3 aromatic rings. The number of methoxy groups -OCH3 is 1. The van der Waals surface area contributed by atoms with Crippen LogP contribution in [-0.4, -0.2) is 17.3 Å². The molecule has 116 valence electrons. The van der Waals surface area contributed by atoms with Gasteiger partial charge < -0.3 is 14.9 Å². The Balaban J connectivity index is 2.17. The Morgan fingerprint density at radius 2 is 1.87 bits per heavy atom. The second-order valence-corrected chi connectivity index (χ2v) is 5.95.